The molecule has 5 nitrogen and oxygen atoms in total. The molecule has 2 aromatic heterocycles. The van der Waals surface area contributed by atoms with E-state index in [4.69, 9.17) is 5.26 Å². The second kappa shape index (κ2) is 5.10. The molecule has 0 aromatic carbocycles. The SMILES string of the molecule is Cc1c(C#N)sc(-c2ncn(CCC=O)n2)c1C. The average Bonchev–Trinajstić information content (AvgIpc) is 2.94. The van der Waals surface area contributed by atoms with E-state index < -0.39 is 0 Å². The molecule has 0 unspecified atom stereocenters. The summed E-state index contributed by atoms with van der Waals surface area (Å²) >= 11 is 1.41. The number of rotatable bonds is 4. The van der Waals surface area contributed by atoms with Gasteiger partial charge < -0.3 is 4.79 Å². The highest BCUT2D eigenvalue weighted by molar-refractivity contribution is 7.16. The molecule has 0 radical (unpaired) electrons. The third kappa shape index (κ3) is 2.17. The summed E-state index contributed by atoms with van der Waals surface area (Å²) in [6.07, 6.45) is 2.89. The van der Waals surface area contributed by atoms with Crippen LogP contribution in [0.15, 0.2) is 6.33 Å². The van der Waals surface area contributed by atoms with E-state index in [1.807, 2.05) is 13.8 Å². The number of aromatic nitrogens is 3. The Labute approximate surface area is 109 Å². The first-order chi connectivity index (χ1) is 8.67. The van der Waals surface area contributed by atoms with E-state index in [1.165, 1.54) is 11.3 Å². The zero-order valence-corrected chi connectivity index (χ0v) is 11.0. The van der Waals surface area contributed by atoms with Crippen molar-refractivity contribution in [1.82, 2.24) is 14.8 Å². The van der Waals surface area contributed by atoms with Crippen LogP contribution in [-0.2, 0) is 11.3 Å². The summed E-state index contributed by atoms with van der Waals surface area (Å²) in [6.45, 7) is 4.43. The molecule has 0 atom stereocenters. The highest BCUT2D eigenvalue weighted by atomic mass is 32.1. The van der Waals surface area contributed by atoms with Crippen LogP contribution < -0.4 is 0 Å². The first-order valence-electron chi connectivity index (χ1n) is 5.51. The predicted octanol–water partition coefficient (Wildman–Crippen LogP) is 2.08. The molecular formula is C12H12N4OS. The molecule has 2 aromatic rings. The van der Waals surface area contributed by atoms with Crippen molar-refractivity contribution in [2.45, 2.75) is 26.8 Å². The number of hydrogen-bond donors (Lipinski definition) is 0. The molecule has 0 bridgehead atoms. The number of aryl methyl sites for hydroxylation is 1. The van der Waals surface area contributed by atoms with Gasteiger partial charge in [-0.3, -0.25) is 4.68 Å². The largest absolute Gasteiger partial charge is 0.303 e. The molecule has 0 amide bonds. The van der Waals surface area contributed by atoms with Crippen molar-refractivity contribution in [3.63, 3.8) is 0 Å². The third-order valence-electron chi connectivity index (χ3n) is 2.76. The maximum Gasteiger partial charge on any atom is 0.191 e. The quantitative estimate of drug-likeness (QED) is 0.789. The van der Waals surface area contributed by atoms with Gasteiger partial charge in [0.1, 0.15) is 23.6 Å². The number of hydrogen-bond acceptors (Lipinski definition) is 5. The summed E-state index contributed by atoms with van der Waals surface area (Å²) < 4.78 is 1.64. The number of nitrogens with zero attached hydrogens (tertiary/aromatic N) is 4. The predicted molar refractivity (Wildman–Crippen MR) is 68.2 cm³/mol. The van der Waals surface area contributed by atoms with Crippen LogP contribution in [0.2, 0.25) is 0 Å². The molecule has 6 heteroatoms. The lowest BCUT2D eigenvalue weighted by atomic mass is 10.1. The molecule has 0 fully saturated rings. The summed E-state index contributed by atoms with van der Waals surface area (Å²) in [5.41, 5.74) is 2.03. The molecule has 18 heavy (non-hydrogen) atoms. The topological polar surface area (TPSA) is 71.6 Å². The minimum Gasteiger partial charge on any atom is -0.303 e. The normalized spacial score (nSPS) is 10.3. The van der Waals surface area contributed by atoms with Gasteiger partial charge in [-0.05, 0) is 25.0 Å². The van der Waals surface area contributed by atoms with Gasteiger partial charge in [-0.2, -0.15) is 10.4 Å². The Morgan fingerprint density at radius 1 is 1.50 bits per heavy atom. The highest BCUT2D eigenvalue weighted by Gasteiger charge is 2.15. The van der Waals surface area contributed by atoms with Crippen molar-refractivity contribution in [3.8, 4) is 16.8 Å². The lowest BCUT2D eigenvalue weighted by Crippen LogP contribution is -1.98. The Morgan fingerprint density at radius 2 is 2.28 bits per heavy atom. The zero-order valence-electron chi connectivity index (χ0n) is 10.2. The number of carbonyl (C=O) groups is 1. The molecule has 2 heterocycles. The summed E-state index contributed by atoms with van der Waals surface area (Å²) in [6, 6.07) is 2.18. The molecule has 0 saturated heterocycles. The Bertz CT molecular complexity index is 621. The minimum atomic E-state index is 0.425. The van der Waals surface area contributed by atoms with E-state index in [1.54, 1.807) is 11.0 Å². The monoisotopic (exact) mass is 260 g/mol. The van der Waals surface area contributed by atoms with Gasteiger partial charge in [0.15, 0.2) is 5.82 Å². The van der Waals surface area contributed by atoms with Crippen LogP contribution in [-0.4, -0.2) is 21.1 Å². The van der Waals surface area contributed by atoms with Crippen molar-refractivity contribution >= 4 is 17.6 Å². The summed E-state index contributed by atoms with van der Waals surface area (Å²) in [5.74, 6) is 0.619. The summed E-state index contributed by atoms with van der Waals surface area (Å²) in [4.78, 5) is 16.2. The fourth-order valence-electron chi connectivity index (χ4n) is 1.61. The van der Waals surface area contributed by atoms with Crippen LogP contribution in [0.5, 0.6) is 0 Å². The van der Waals surface area contributed by atoms with Crippen LogP contribution >= 0.6 is 11.3 Å². The highest BCUT2D eigenvalue weighted by Crippen LogP contribution is 2.33. The van der Waals surface area contributed by atoms with Crippen molar-refractivity contribution in [2.75, 3.05) is 0 Å². The van der Waals surface area contributed by atoms with Crippen LogP contribution in [0, 0.1) is 25.2 Å². The standard InChI is InChI=1S/C12H12N4OS/c1-8-9(2)11(18-10(8)6-13)12-14-7-16(15-12)4-3-5-17/h5,7H,3-4H2,1-2H3. The molecular weight excluding hydrogens is 248 g/mol. The Kier molecular flexibility index (Phi) is 3.53. The lowest BCUT2D eigenvalue weighted by Gasteiger charge is -1.95. The molecule has 0 aliphatic carbocycles. The summed E-state index contributed by atoms with van der Waals surface area (Å²) in [7, 11) is 0. The molecule has 0 saturated carbocycles. The van der Waals surface area contributed by atoms with Gasteiger partial charge in [-0.1, -0.05) is 0 Å². The lowest BCUT2D eigenvalue weighted by molar-refractivity contribution is -0.108. The van der Waals surface area contributed by atoms with E-state index in [-0.39, 0.29) is 0 Å². The van der Waals surface area contributed by atoms with E-state index in [0.29, 0.717) is 23.7 Å². The van der Waals surface area contributed by atoms with Gasteiger partial charge in [-0.15, -0.1) is 11.3 Å². The fraction of sp³-hybridized carbons (Fsp3) is 0.333. The van der Waals surface area contributed by atoms with Crippen molar-refractivity contribution in [3.05, 3.63) is 22.3 Å². The third-order valence-corrected chi connectivity index (χ3v) is 4.06. The Hall–Kier alpha value is -2.00. The molecule has 2 rings (SSSR count). The molecule has 0 N–H and O–H groups in total. The molecule has 92 valence electrons. The fourth-order valence-corrected chi connectivity index (χ4v) is 2.65. The van der Waals surface area contributed by atoms with Crippen LogP contribution in [0.25, 0.3) is 10.7 Å². The Morgan fingerprint density at radius 3 is 2.89 bits per heavy atom. The maximum absolute atomic E-state index is 10.3. The zero-order chi connectivity index (χ0) is 13.1. The molecule has 0 aliphatic heterocycles. The smallest absolute Gasteiger partial charge is 0.191 e. The van der Waals surface area contributed by atoms with E-state index in [9.17, 15) is 4.79 Å². The van der Waals surface area contributed by atoms with E-state index in [0.717, 1.165) is 22.3 Å². The van der Waals surface area contributed by atoms with Gasteiger partial charge in [0, 0.05) is 13.0 Å². The van der Waals surface area contributed by atoms with Crippen molar-refractivity contribution < 1.29 is 4.79 Å². The average molecular weight is 260 g/mol. The number of carbonyl (C=O) groups excluding carboxylic acids is 1. The van der Waals surface area contributed by atoms with E-state index >= 15 is 0 Å². The van der Waals surface area contributed by atoms with Crippen molar-refractivity contribution in [2.24, 2.45) is 0 Å². The number of aldehydes is 1. The second-order valence-electron chi connectivity index (χ2n) is 3.91. The van der Waals surface area contributed by atoms with Gasteiger partial charge >= 0.3 is 0 Å². The minimum absolute atomic E-state index is 0.425. The molecule has 0 aliphatic rings. The number of thiophene rings is 1. The summed E-state index contributed by atoms with van der Waals surface area (Å²) in [5, 5.41) is 13.3. The van der Waals surface area contributed by atoms with Gasteiger partial charge in [0.2, 0.25) is 0 Å². The maximum atomic E-state index is 10.3. The molecule has 0 spiro atoms. The van der Waals surface area contributed by atoms with Crippen LogP contribution in [0.1, 0.15) is 22.4 Å². The van der Waals surface area contributed by atoms with Gasteiger partial charge in [-0.25, -0.2) is 4.98 Å². The first kappa shape index (κ1) is 12.5. The van der Waals surface area contributed by atoms with Gasteiger partial charge in [0.05, 0.1) is 4.88 Å². The van der Waals surface area contributed by atoms with Gasteiger partial charge in [0.25, 0.3) is 0 Å². The number of nitriles is 1. The van der Waals surface area contributed by atoms with Crippen molar-refractivity contribution in [1.29, 1.82) is 5.26 Å². The second-order valence-corrected chi connectivity index (χ2v) is 4.93. The first-order valence-corrected chi connectivity index (χ1v) is 6.32. The van der Waals surface area contributed by atoms with E-state index in [2.05, 4.69) is 16.2 Å². The van der Waals surface area contributed by atoms with Crippen LogP contribution in [0.3, 0.4) is 0 Å². The van der Waals surface area contributed by atoms with Crippen LogP contribution in [0.4, 0.5) is 0 Å². The Balaban J connectivity index is 2.34.